The Morgan fingerprint density at radius 1 is 1.16 bits per heavy atom. The molecule has 6 heteroatoms. The number of nitrogens with zero attached hydrogens (tertiary/aromatic N) is 1. The summed E-state index contributed by atoms with van der Waals surface area (Å²) in [6.07, 6.45) is -0.0322. The van der Waals surface area contributed by atoms with Gasteiger partial charge >= 0.3 is 0 Å². The minimum atomic E-state index is -0.0322. The highest BCUT2D eigenvalue weighted by Gasteiger charge is 2.08. The van der Waals surface area contributed by atoms with E-state index < -0.39 is 0 Å². The first-order chi connectivity index (χ1) is 11.8. The van der Waals surface area contributed by atoms with E-state index in [-0.39, 0.29) is 11.6 Å². The lowest BCUT2D eigenvalue weighted by molar-refractivity contribution is 0.229. The van der Waals surface area contributed by atoms with Crippen molar-refractivity contribution < 1.29 is 9.47 Å². The molecule has 1 aromatic rings. The largest absolute Gasteiger partial charge is 0.497 e. The lowest BCUT2D eigenvalue weighted by Gasteiger charge is -2.21. The van der Waals surface area contributed by atoms with Gasteiger partial charge < -0.3 is 25.4 Å². The Kier molecular flexibility index (Phi) is 9.13. The molecule has 1 rings (SSSR count). The van der Waals surface area contributed by atoms with Crippen LogP contribution in [0.25, 0.3) is 0 Å². The average molecular weight is 351 g/mol. The predicted octanol–water partition coefficient (Wildman–Crippen LogP) is 2.41. The highest BCUT2D eigenvalue weighted by atomic mass is 16.5. The molecule has 25 heavy (non-hydrogen) atoms. The first kappa shape index (κ1) is 21.1. The predicted molar refractivity (Wildman–Crippen MR) is 105 cm³/mol. The molecule has 0 aliphatic rings. The summed E-state index contributed by atoms with van der Waals surface area (Å²) in [5.41, 5.74) is 0.121. The van der Waals surface area contributed by atoms with Gasteiger partial charge in [-0.15, -0.1) is 0 Å². The number of benzene rings is 1. The van der Waals surface area contributed by atoms with Crippen molar-refractivity contribution in [1.82, 2.24) is 16.0 Å². The molecule has 0 fully saturated rings. The molecule has 0 aliphatic carbocycles. The van der Waals surface area contributed by atoms with Crippen molar-refractivity contribution in [3.8, 4) is 11.5 Å². The molecule has 6 nitrogen and oxygen atoms in total. The lowest BCUT2D eigenvalue weighted by atomic mass is 10.1. The first-order valence-corrected chi connectivity index (χ1v) is 8.92. The minimum absolute atomic E-state index is 0.0322. The van der Waals surface area contributed by atoms with Crippen LogP contribution in [-0.4, -0.2) is 50.9 Å². The minimum Gasteiger partial charge on any atom is -0.497 e. The van der Waals surface area contributed by atoms with Crippen molar-refractivity contribution in [2.24, 2.45) is 4.99 Å². The topological polar surface area (TPSA) is 66.9 Å². The van der Waals surface area contributed by atoms with Crippen LogP contribution in [-0.2, 0) is 0 Å². The van der Waals surface area contributed by atoms with Gasteiger partial charge in [-0.05, 0) is 46.8 Å². The van der Waals surface area contributed by atoms with E-state index in [0.717, 1.165) is 37.1 Å². The Labute approximate surface area is 152 Å². The van der Waals surface area contributed by atoms with E-state index >= 15 is 0 Å². The second-order valence-corrected chi connectivity index (χ2v) is 6.93. The zero-order valence-electron chi connectivity index (χ0n) is 16.5. The van der Waals surface area contributed by atoms with Crippen LogP contribution in [0.15, 0.2) is 29.3 Å². The normalized spacial score (nSPS) is 13.3. The maximum atomic E-state index is 5.90. The molecule has 0 bridgehead atoms. The molecule has 0 aromatic heterocycles. The lowest BCUT2D eigenvalue weighted by Crippen LogP contribution is -2.44. The van der Waals surface area contributed by atoms with E-state index in [4.69, 9.17) is 9.47 Å². The van der Waals surface area contributed by atoms with Crippen molar-refractivity contribution in [3.63, 3.8) is 0 Å². The van der Waals surface area contributed by atoms with Crippen LogP contribution in [0.5, 0.6) is 11.5 Å². The molecule has 0 saturated heterocycles. The highest BCUT2D eigenvalue weighted by molar-refractivity contribution is 5.79. The number of hydrogen-bond donors (Lipinski definition) is 3. The van der Waals surface area contributed by atoms with Crippen LogP contribution >= 0.6 is 0 Å². The number of hydrogen-bond acceptors (Lipinski definition) is 4. The number of ether oxygens (including phenoxy) is 2. The molecule has 1 unspecified atom stereocenters. The second-order valence-electron chi connectivity index (χ2n) is 6.93. The summed E-state index contributed by atoms with van der Waals surface area (Å²) in [4.78, 5) is 4.60. The standard InChI is InChI=1S/C19H34N4O2/c1-7-20-18(21-11-12-23-19(3,4)5)22-14-15(2)25-17-10-8-9-16(13-17)24-6/h8-10,13,15,23H,7,11-12,14H2,1-6H3,(H2,20,21,22). The van der Waals surface area contributed by atoms with Gasteiger partial charge in [0.1, 0.15) is 17.6 Å². The second kappa shape index (κ2) is 10.8. The Hall–Kier alpha value is -1.95. The monoisotopic (exact) mass is 350 g/mol. The van der Waals surface area contributed by atoms with Gasteiger partial charge in [0.05, 0.1) is 13.7 Å². The summed E-state index contributed by atoms with van der Waals surface area (Å²) in [7, 11) is 1.65. The quantitative estimate of drug-likeness (QED) is 0.363. The van der Waals surface area contributed by atoms with Crippen molar-refractivity contribution in [2.75, 3.05) is 33.3 Å². The smallest absolute Gasteiger partial charge is 0.191 e. The van der Waals surface area contributed by atoms with Crippen LogP contribution in [0.2, 0.25) is 0 Å². The fourth-order valence-electron chi connectivity index (χ4n) is 2.12. The van der Waals surface area contributed by atoms with Gasteiger partial charge in [-0.2, -0.15) is 0 Å². The number of guanidine groups is 1. The van der Waals surface area contributed by atoms with Crippen molar-refractivity contribution >= 4 is 5.96 Å². The third-order valence-electron chi connectivity index (χ3n) is 3.30. The summed E-state index contributed by atoms with van der Waals surface area (Å²) < 4.78 is 11.1. The van der Waals surface area contributed by atoms with Crippen LogP contribution in [0.4, 0.5) is 0 Å². The van der Waals surface area contributed by atoms with Gasteiger partial charge in [0.2, 0.25) is 0 Å². The van der Waals surface area contributed by atoms with Crippen molar-refractivity contribution in [2.45, 2.75) is 46.3 Å². The zero-order chi connectivity index (χ0) is 18.7. The van der Waals surface area contributed by atoms with E-state index in [9.17, 15) is 0 Å². The van der Waals surface area contributed by atoms with Crippen LogP contribution in [0.3, 0.4) is 0 Å². The fraction of sp³-hybridized carbons (Fsp3) is 0.632. The summed E-state index contributed by atoms with van der Waals surface area (Å²) in [5, 5.41) is 10.0. The van der Waals surface area contributed by atoms with Crippen molar-refractivity contribution in [3.05, 3.63) is 24.3 Å². The van der Waals surface area contributed by atoms with Crippen LogP contribution in [0, 0.1) is 0 Å². The zero-order valence-corrected chi connectivity index (χ0v) is 16.5. The van der Waals surface area contributed by atoms with E-state index in [0.29, 0.717) is 6.54 Å². The summed E-state index contributed by atoms with van der Waals surface area (Å²) in [6.45, 7) is 13.6. The van der Waals surface area contributed by atoms with Crippen LogP contribution in [0.1, 0.15) is 34.6 Å². The highest BCUT2D eigenvalue weighted by Crippen LogP contribution is 2.19. The molecular formula is C19H34N4O2. The maximum absolute atomic E-state index is 5.90. The molecule has 0 heterocycles. The molecule has 1 aromatic carbocycles. The molecule has 0 spiro atoms. The van der Waals surface area contributed by atoms with Gasteiger partial charge in [0, 0.05) is 31.2 Å². The molecule has 0 aliphatic heterocycles. The van der Waals surface area contributed by atoms with Crippen molar-refractivity contribution in [1.29, 1.82) is 0 Å². The van der Waals surface area contributed by atoms with E-state index in [1.807, 2.05) is 31.2 Å². The van der Waals surface area contributed by atoms with Gasteiger partial charge in [-0.1, -0.05) is 6.07 Å². The summed E-state index contributed by atoms with van der Waals surface area (Å²) in [5.74, 6) is 2.38. The molecule has 0 amide bonds. The van der Waals surface area contributed by atoms with Gasteiger partial charge in [0.25, 0.3) is 0 Å². The summed E-state index contributed by atoms with van der Waals surface area (Å²) >= 11 is 0. The van der Waals surface area contributed by atoms with E-state index in [1.165, 1.54) is 0 Å². The molecule has 1 atom stereocenters. The third kappa shape index (κ3) is 9.82. The van der Waals surface area contributed by atoms with Crippen LogP contribution < -0.4 is 25.4 Å². The molecular weight excluding hydrogens is 316 g/mol. The van der Waals surface area contributed by atoms with E-state index in [1.54, 1.807) is 7.11 Å². The van der Waals surface area contributed by atoms with E-state index in [2.05, 4.69) is 48.6 Å². The third-order valence-corrected chi connectivity index (χ3v) is 3.30. The Morgan fingerprint density at radius 3 is 2.52 bits per heavy atom. The average Bonchev–Trinajstić information content (AvgIpc) is 2.55. The molecule has 142 valence electrons. The Bertz CT molecular complexity index is 526. The molecule has 0 saturated carbocycles. The maximum Gasteiger partial charge on any atom is 0.191 e. The first-order valence-electron chi connectivity index (χ1n) is 8.92. The van der Waals surface area contributed by atoms with Gasteiger partial charge in [-0.3, -0.25) is 0 Å². The summed E-state index contributed by atoms with van der Waals surface area (Å²) in [6, 6.07) is 7.61. The van der Waals surface area contributed by atoms with Gasteiger partial charge in [-0.25, -0.2) is 4.99 Å². The fourth-order valence-corrected chi connectivity index (χ4v) is 2.12. The molecule has 3 N–H and O–H groups in total. The van der Waals surface area contributed by atoms with Gasteiger partial charge in [0.15, 0.2) is 5.96 Å². The number of aliphatic imine (C=N–C) groups is 1. The SMILES string of the molecule is CCNC(=NCC(C)Oc1cccc(OC)c1)NCCNC(C)(C)C. The number of nitrogens with one attached hydrogen (secondary N) is 3. The molecule has 0 radical (unpaired) electrons. The Morgan fingerprint density at radius 2 is 1.88 bits per heavy atom. The Balaban J connectivity index is 2.46. The number of rotatable bonds is 9. The number of methoxy groups -OCH3 is 1.